The smallest absolute Gasteiger partial charge is 0.337 e. The quantitative estimate of drug-likeness (QED) is 0.677. The largest absolute Gasteiger partial charge is 0.493 e. The summed E-state index contributed by atoms with van der Waals surface area (Å²) >= 11 is 0. The number of methoxy groups -OCH3 is 1. The Kier molecular flexibility index (Phi) is 5.19. The number of nitrogens with two attached hydrogens (primary N) is 1. The van der Waals surface area contributed by atoms with Crippen LogP contribution in [0.15, 0.2) is 11.3 Å². The van der Waals surface area contributed by atoms with Gasteiger partial charge in [-0.25, -0.2) is 4.79 Å². The summed E-state index contributed by atoms with van der Waals surface area (Å²) in [7, 11) is 1.38. The van der Waals surface area contributed by atoms with Gasteiger partial charge in [0.1, 0.15) is 11.9 Å². The van der Waals surface area contributed by atoms with Crippen molar-refractivity contribution in [1.29, 1.82) is 0 Å². The molecule has 1 saturated heterocycles. The molecule has 1 amide bonds. The number of piperazine rings is 1. The van der Waals surface area contributed by atoms with Gasteiger partial charge in [-0.15, -0.1) is 0 Å². The number of primary amides is 1. The summed E-state index contributed by atoms with van der Waals surface area (Å²) in [5, 5.41) is 0. The van der Waals surface area contributed by atoms with Crippen molar-refractivity contribution in [2.45, 2.75) is 19.4 Å². The van der Waals surface area contributed by atoms with Gasteiger partial charge in [0, 0.05) is 39.1 Å². The van der Waals surface area contributed by atoms with Crippen LogP contribution in [0.5, 0.6) is 0 Å². The minimum atomic E-state index is -0.304. The Hall–Kier alpha value is -1.60. The molecule has 0 aromatic carbocycles. The van der Waals surface area contributed by atoms with Crippen LogP contribution >= 0.6 is 0 Å². The molecular formula is C14H23N3O4. The van der Waals surface area contributed by atoms with Gasteiger partial charge >= 0.3 is 5.97 Å². The first-order chi connectivity index (χ1) is 9.99. The second-order valence-electron chi connectivity index (χ2n) is 5.51. The maximum Gasteiger partial charge on any atom is 0.337 e. The number of allylic oxidation sites excluding steroid dienone is 1. The molecule has 0 aromatic rings. The van der Waals surface area contributed by atoms with Crippen LogP contribution < -0.4 is 5.73 Å². The van der Waals surface area contributed by atoms with Crippen LogP contribution in [0.4, 0.5) is 0 Å². The number of hydrogen-bond acceptors (Lipinski definition) is 6. The molecule has 1 atom stereocenters. The lowest BCUT2D eigenvalue weighted by molar-refractivity contribution is -0.136. The van der Waals surface area contributed by atoms with Gasteiger partial charge in [-0.2, -0.15) is 0 Å². The summed E-state index contributed by atoms with van der Waals surface area (Å²) in [4.78, 5) is 26.8. The van der Waals surface area contributed by atoms with Crippen molar-refractivity contribution < 1.29 is 19.1 Å². The molecule has 2 rings (SSSR count). The van der Waals surface area contributed by atoms with Crippen molar-refractivity contribution in [3.63, 3.8) is 0 Å². The number of ether oxygens (including phenoxy) is 2. The molecule has 2 aliphatic rings. The SMILES string of the molecule is COC(=O)C1=C(C)OC(CN2CCN(CC(N)=O)CC2)C1. The Bertz CT molecular complexity index is 442. The van der Waals surface area contributed by atoms with Crippen LogP contribution in [-0.4, -0.2) is 74.2 Å². The van der Waals surface area contributed by atoms with Crippen LogP contribution in [0.2, 0.25) is 0 Å². The fraction of sp³-hybridized carbons (Fsp3) is 0.714. The van der Waals surface area contributed by atoms with E-state index >= 15 is 0 Å². The highest BCUT2D eigenvalue weighted by Crippen LogP contribution is 2.26. The first-order valence-corrected chi connectivity index (χ1v) is 7.17. The Morgan fingerprint density at radius 3 is 2.48 bits per heavy atom. The highest BCUT2D eigenvalue weighted by molar-refractivity contribution is 5.89. The van der Waals surface area contributed by atoms with Gasteiger partial charge in [-0.1, -0.05) is 0 Å². The number of amides is 1. The van der Waals surface area contributed by atoms with Crippen LogP contribution in [0.25, 0.3) is 0 Å². The van der Waals surface area contributed by atoms with E-state index in [1.807, 2.05) is 0 Å². The minimum Gasteiger partial charge on any atom is -0.493 e. The molecule has 2 aliphatic heterocycles. The number of hydrogen-bond donors (Lipinski definition) is 1. The first kappa shape index (κ1) is 15.8. The second kappa shape index (κ2) is 6.91. The van der Waals surface area contributed by atoms with Crippen LogP contribution in [0.1, 0.15) is 13.3 Å². The molecule has 2 heterocycles. The number of rotatable bonds is 5. The van der Waals surface area contributed by atoms with E-state index in [1.54, 1.807) is 6.92 Å². The van der Waals surface area contributed by atoms with Crippen LogP contribution in [-0.2, 0) is 19.1 Å². The van der Waals surface area contributed by atoms with Crippen molar-refractivity contribution in [3.05, 3.63) is 11.3 Å². The third-order valence-electron chi connectivity index (χ3n) is 3.94. The van der Waals surface area contributed by atoms with E-state index in [9.17, 15) is 9.59 Å². The Morgan fingerprint density at radius 2 is 1.90 bits per heavy atom. The highest BCUT2D eigenvalue weighted by Gasteiger charge is 2.30. The number of nitrogens with zero attached hydrogens (tertiary/aromatic N) is 2. The molecule has 7 heteroatoms. The molecule has 21 heavy (non-hydrogen) atoms. The molecule has 0 radical (unpaired) electrons. The summed E-state index contributed by atoms with van der Waals surface area (Å²) in [5.41, 5.74) is 5.83. The van der Waals surface area contributed by atoms with E-state index < -0.39 is 0 Å². The molecule has 0 bridgehead atoms. The third kappa shape index (κ3) is 4.18. The van der Waals surface area contributed by atoms with Gasteiger partial charge in [0.15, 0.2) is 0 Å². The Morgan fingerprint density at radius 1 is 1.29 bits per heavy atom. The average molecular weight is 297 g/mol. The van der Waals surface area contributed by atoms with Gasteiger partial charge in [0.25, 0.3) is 0 Å². The van der Waals surface area contributed by atoms with E-state index in [2.05, 4.69) is 9.80 Å². The fourth-order valence-corrected chi connectivity index (χ4v) is 2.82. The van der Waals surface area contributed by atoms with Gasteiger partial charge < -0.3 is 15.2 Å². The molecule has 7 nitrogen and oxygen atoms in total. The Balaban J connectivity index is 1.76. The summed E-state index contributed by atoms with van der Waals surface area (Å²) in [6, 6.07) is 0. The van der Waals surface area contributed by atoms with Crippen molar-refractivity contribution in [1.82, 2.24) is 9.80 Å². The van der Waals surface area contributed by atoms with Crippen molar-refractivity contribution in [2.24, 2.45) is 5.73 Å². The van der Waals surface area contributed by atoms with Crippen molar-refractivity contribution >= 4 is 11.9 Å². The van der Waals surface area contributed by atoms with E-state index in [0.717, 1.165) is 32.7 Å². The van der Waals surface area contributed by atoms with E-state index in [-0.39, 0.29) is 18.0 Å². The first-order valence-electron chi connectivity index (χ1n) is 7.17. The van der Waals surface area contributed by atoms with Gasteiger partial charge in [0.2, 0.25) is 5.91 Å². The summed E-state index contributed by atoms with van der Waals surface area (Å²) in [5.74, 6) is 0.0746. The lowest BCUT2D eigenvalue weighted by Gasteiger charge is -2.35. The standard InChI is InChI=1S/C14H23N3O4/c1-10-12(14(19)20-2)7-11(21-10)8-16-3-5-17(6-4-16)9-13(15)18/h11H,3-9H2,1-2H3,(H2,15,18). The summed E-state index contributed by atoms with van der Waals surface area (Å²) in [6.07, 6.45) is 0.599. The van der Waals surface area contributed by atoms with Crippen LogP contribution in [0.3, 0.4) is 0 Å². The number of carbonyl (C=O) groups excluding carboxylic acids is 2. The highest BCUT2D eigenvalue weighted by atomic mass is 16.5. The number of esters is 1. The molecule has 0 aliphatic carbocycles. The normalized spacial score (nSPS) is 24.0. The zero-order valence-electron chi connectivity index (χ0n) is 12.6. The second-order valence-corrected chi connectivity index (χ2v) is 5.51. The fourth-order valence-electron chi connectivity index (χ4n) is 2.82. The molecule has 0 saturated carbocycles. The zero-order chi connectivity index (χ0) is 15.4. The topological polar surface area (TPSA) is 85.1 Å². The summed E-state index contributed by atoms with van der Waals surface area (Å²) < 4.78 is 10.5. The minimum absolute atomic E-state index is 0.00166. The van der Waals surface area contributed by atoms with E-state index in [1.165, 1.54) is 7.11 Å². The molecule has 1 unspecified atom stereocenters. The molecule has 0 aromatic heterocycles. The van der Waals surface area contributed by atoms with Gasteiger partial charge in [-0.05, 0) is 6.92 Å². The molecule has 0 spiro atoms. The molecule has 1 fully saturated rings. The van der Waals surface area contributed by atoms with Crippen molar-refractivity contribution in [3.8, 4) is 0 Å². The van der Waals surface area contributed by atoms with Gasteiger partial charge in [-0.3, -0.25) is 14.6 Å². The number of carbonyl (C=O) groups is 2. The third-order valence-corrected chi connectivity index (χ3v) is 3.94. The monoisotopic (exact) mass is 297 g/mol. The molecule has 118 valence electrons. The maximum atomic E-state index is 11.6. The van der Waals surface area contributed by atoms with E-state index in [4.69, 9.17) is 15.2 Å². The summed E-state index contributed by atoms with van der Waals surface area (Å²) in [6.45, 7) is 6.30. The van der Waals surface area contributed by atoms with Crippen molar-refractivity contribution in [2.75, 3.05) is 46.4 Å². The lowest BCUT2D eigenvalue weighted by atomic mass is 10.1. The maximum absolute atomic E-state index is 11.6. The molecule has 2 N–H and O–H groups in total. The average Bonchev–Trinajstić information content (AvgIpc) is 2.80. The lowest BCUT2D eigenvalue weighted by Crippen LogP contribution is -2.50. The Labute approximate surface area is 124 Å². The van der Waals surface area contributed by atoms with Gasteiger partial charge in [0.05, 0.1) is 19.2 Å². The van der Waals surface area contributed by atoms with E-state index in [0.29, 0.717) is 24.3 Å². The molecular weight excluding hydrogens is 274 g/mol. The van der Waals surface area contributed by atoms with Crippen LogP contribution in [0, 0.1) is 0 Å². The zero-order valence-corrected chi connectivity index (χ0v) is 12.6. The predicted octanol–water partition coefficient (Wildman–Crippen LogP) is -0.675. The predicted molar refractivity (Wildman–Crippen MR) is 76.3 cm³/mol.